The molecule has 3 rings (SSSR count). The number of para-hydroxylation sites is 1. The van der Waals surface area contributed by atoms with E-state index >= 15 is 0 Å². The van der Waals surface area contributed by atoms with Crippen molar-refractivity contribution < 1.29 is 9.90 Å². The average molecular weight is 262 g/mol. The Hall–Kier alpha value is -1.46. The van der Waals surface area contributed by atoms with Gasteiger partial charge >= 0.3 is 5.97 Å². The van der Waals surface area contributed by atoms with E-state index in [-0.39, 0.29) is 5.92 Å². The summed E-state index contributed by atoms with van der Waals surface area (Å²) in [6.07, 6.45) is 0.750. The summed E-state index contributed by atoms with van der Waals surface area (Å²) in [4.78, 5) is 17.7. The number of carboxylic acids is 1. The fourth-order valence-electron chi connectivity index (χ4n) is 2.36. The normalized spacial score (nSPS) is 20.6. The minimum Gasteiger partial charge on any atom is -0.481 e. The van der Waals surface area contributed by atoms with Crippen molar-refractivity contribution in [3.8, 4) is 0 Å². The van der Waals surface area contributed by atoms with Crippen molar-refractivity contribution in [3.05, 3.63) is 29.3 Å². The minimum atomic E-state index is -0.679. The van der Waals surface area contributed by atoms with Gasteiger partial charge in [0.1, 0.15) is 5.01 Å². The van der Waals surface area contributed by atoms with Crippen LogP contribution >= 0.6 is 11.3 Å². The van der Waals surface area contributed by atoms with Crippen molar-refractivity contribution in [1.29, 1.82) is 0 Å². The fraction of sp³-hybridized carbons (Fsp3) is 0.385. The second-order valence-corrected chi connectivity index (χ2v) is 5.75. The Morgan fingerprint density at radius 3 is 3.06 bits per heavy atom. The Morgan fingerprint density at radius 2 is 2.33 bits per heavy atom. The van der Waals surface area contributed by atoms with Crippen LogP contribution in [0.25, 0.3) is 10.2 Å². The number of carbonyl (C=O) groups is 1. The van der Waals surface area contributed by atoms with Crippen LogP contribution in [0.4, 0.5) is 0 Å². The summed E-state index contributed by atoms with van der Waals surface area (Å²) in [5.41, 5.74) is 1.03. The lowest BCUT2D eigenvalue weighted by molar-refractivity contribution is -0.141. The summed E-state index contributed by atoms with van der Waals surface area (Å²) in [7, 11) is 0. The molecule has 18 heavy (non-hydrogen) atoms. The third kappa shape index (κ3) is 2.23. The number of hydrogen-bond donors (Lipinski definition) is 1. The summed E-state index contributed by atoms with van der Waals surface area (Å²) in [5.74, 6) is -0.888. The highest BCUT2D eigenvalue weighted by Crippen LogP contribution is 2.25. The van der Waals surface area contributed by atoms with Crippen LogP contribution in [-0.2, 0) is 11.3 Å². The van der Waals surface area contributed by atoms with Gasteiger partial charge in [-0.15, -0.1) is 11.3 Å². The van der Waals surface area contributed by atoms with Crippen molar-refractivity contribution >= 4 is 27.5 Å². The third-order valence-corrected chi connectivity index (χ3v) is 4.34. The number of hydrogen-bond acceptors (Lipinski definition) is 4. The number of likely N-dealkylation sites (tertiary alicyclic amines) is 1. The Bertz CT molecular complexity index is 548. The van der Waals surface area contributed by atoms with Crippen molar-refractivity contribution in [2.75, 3.05) is 13.1 Å². The van der Waals surface area contributed by atoms with Gasteiger partial charge in [0.15, 0.2) is 0 Å². The number of rotatable bonds is 3. The molecule has 1 unspecified atom stereocenters. The Kier molecular flexibility index (Phi) is 3.01. The number of aromatic nitrogens is 1. The van der Waals surface area contributed by atoms with Gasteiger partial charge in [-0.2, -0.15) is 0 Å². The van der Waals surface area contributed by atoms with E-state index in [1.165, 1.54) is 4.70 Å². The first-order valence-corrected chi connectivity index (χ1v) is 6.83. The van der Waals surface area contributed by atoms with Gasteiger partial charge in [-0.25, -0.2) is 4.98 Å². The number of carboxylic acid groups (broad SMARTS) is 1. The lowest BCUT2D eigenvalue weighted by Gasteiger charge is -2.12. The van der Waals surface area contributed by atoms with Crippen LogP contribution in [0.3, 0.4) is 0 Å². The van der Waals surface area contributed by atoms with Crippen LogP contribution in [-0.4, -0.2) is 34.0 Å². The summed E-state index contributed by atoms with van der Waals surface area (Å²) >= 11 is 1.69. The molecule has 1 fully saturated rings. The highest BCUT2D eigenvalue weighted by molar-refractivity contribution is 7.18. The van der Waals surface area contributed by atoms with Crippen LogP contribution < -0.4 is 0 Å². The van der Waals surface area contributed by atoms with Crippen molar-refractivity contribution in [2.45, 2.75) is 13.0 Å². The molecule has 0 radical (unpaired) electrons. The van der Waals surface area contributed by atoms with E-state index in [0.29, 0.717) is 6.54 Å². The molecule has 5 heteroatoms. The van der Waals surface area contributed by atoms with Crippen LogP contribution in [0.1, 0.15) is 11.4 Å². The number of fused-ring (bicyclic) bond motifs is 1. The van der Waals surface area contributed by atoms with E-state index in [4.69, 9.17) is 5.11 Å². The molecule has 1 aliphatic heterocycles. The average Bonchev–Trinajstić information content (AvgIpc) is 2.94. The molecular formula is C13H14N2O2S. The topological polar surface area (TPSA) is 53.4 Å². The minimum absolute atomic E-state index is 0.209. The fourth-order valence-corrected chi connectivity index (χ4v) is 3.37. The van der Waals surface area contributed by atoms with E-state index in [1.807, 2.05) is 18.2 Å². The van der Waals surface area contributed by atoms with Gasteiger partial charge in [-0.3, -0.25) is 9.69 Å². The number of thiazole rings is 1. The molecule has 0 saturated carbocycles. The predicted molar refractivity (Wildman–Crippen MR) is 70.6 cm³/mol. The predicted octanol–water partition coefficient (Wildman–Crippen LogP) is 2.20. The highest BCUT2D eigenvalue weighted by Gasteiger charge is 2.28. The maximum Gasteiger partial charge on any atom is 0.307 e. The first-order chi connectivity index (χ1) is 8.72. The lowest BCUT2D eigenvalue weighted by atomic mass is 10.1. The Labute approximate surface area is 109 Å². The molecule has 2 heterocycles. The van der Waals surface area contributed by atoms with Crippen LogP contribution in [0.2, 0.25) is 0 Å². The van der Waals surface area contributed by atoms with E-state index in [1.54, 1.807) is 11.3 Å². The molecule has 1 saturated heterocycles. The van der Waals surface area contributed by atoms with Crippen molar-refractivity contribution in [1.82, 2.24) is 9.88 Å². The molecule has 94 valence electrons. The van der Waals surface area contributed by atoms with Gasteiger partial charge in [0, 0.05) is 6.54 Å². The summed E-state index contributed by atoms with van der Waals surface area (Å²) < 4.78 is 1.20. The van der Waals surface area contributed by atoms with Crippen LogP contribution in [0.15, 0.2) is 24.3 Å². The molecule has 1 atom stereocenters. The zero-order chi connectivity index (χ0) is 12.5. The summed E-state index contributed by atoms with van der Waals surface area (Å²) in [5, 5.41) is 10.0. The maximum atomic E-state index is 10.9. The molecule has 1 N–H and O–H groups in total. The van der Waals surface area contributed by atoms with E-state index in [2.05, 4.69) is 16.0 Å². The second-order valence-electron chi connectivity index (χ2n) is 4.63. The molecule has 1 aliphatic rings. The molecule has 2 aromatic rings. The van der Waals surface area contributed by atoms with Crippen LogP contribution in [0, 0.1) is 5.92 Å². The number of benzene rings is 1. The monoisotopic (exact) mass is 262 g/mol. The standard InChI is InChI=1S/C13H14N2O2S/c16-13(17)9-5-6-15(7-9)8-12-14-10-3-1-2-4-11(10)18-12/h1-4,9H,5-8H2,(H,16,17). The van der Waals surface area contributed by atoms with Gasteiger partial charge < -0.3 is 5.11 Å². The molecule has 1 aromatic carbocycles. The van der Waals surface area contributed by atoms with Gasteiger partial charge in [-0.1, -0.05) is 12.1 Å². The molecular weight excluding hydrogens is 248 g/mol. The van der Waals surface area contributed by atoms with E-state index in [0.717, 1.165) is 30.0 Å². The molecule has 0 amide bonds. The Morgan fingerprint density at radius 1 is 1.50 bits per heavy atom. The summed E-state index contributed by atoms with van der Waals surface area (Å²) in [6.45, 7) is 2.27. The van der Waals surface area contributed by atoms with Gasteiger partial charge in [-0.05, 0) is 25.1 Å². The van der Waals surface area contributed by atoms with Crippen molar-refractivity contribution in [2.24, 2.45) is 5.92 Å². The number of aliphatic carboxylic acids is 1. The molecule has 4 nitrogen and oxygen atoms in total. The van der Waals surface area contributed by atoms with Gasteiger partial charge in [0.2, 0.25) is 0 Å². The zero-order valence-corrected chi connectivity index (χ0v) is 10.7. The summed E-state index contributed by atoms with van der Waals surface area (Å²) in [6, 6.07) is 8.09. The third-order valence-electron chi connectivity index (χ3n) is 3.32. The van der Waals surface area contributed by atoms with Gasteiger partial charge in [0.05, 0.1) is 22.7 Å². The van der Waals surface area contributed by atoms with Crippen molar-refractivity contribution in [3.63, 3.8) is 0 Å². The zero-order valence-electron chi connectivity index (χ0n) is 9.87. The molecule has 0 spiro atoms. The van der Waals surface area contributed by atoms with Gasteiger partial charge in [0.25, 0.3) is 0 Å². The maximum absolute atomic E-state index is 10.9. The SMILES string of the molecule is O=C(O)C1CCN(Cc2nc3ccccc3s2)C1. The van der Waals surface area contributed by atoms with E-state index < -0.39 is 5.97 Å². The second kappa shape index (κ2) is 4.66. The quantitative estimate of drug-likeness (QED) is 0.921. The first kappa shape index (κ1) is 11.6. The largest absolute Gasteiger partial charge is 0.481 e. The molecule has 0 aliphatic carbocycles. The Balaban J connectivity index is 1.71. The lowest BCUT2D eigenvalue weighted by Crippen LogP contribution is -2.22. The first-order valence-electron chi connectivity index (χ1n) is 6.02. The van der Waals surface area contributed by atoms with E-state index in [9.17, 15) is 4.79 Å². The smallest absolute Gasteiger partial charge is 0.307 e. The van der Waals surface area contributed by atoms with Crippen LogP contribution in [0.5, 0.6) is 0 Å². The number of nitrogens with zero attached hydrogens (tertiary/aromatic N) is 2. The highest BCUT2D eigenvalue weighted by atomic mass is 32.1. The molecule has 1 aromatic heterocycles. The molecule has 0 bridgehead atoms.